The monoisotopic (exact) mass is 147 g/mol. The van der Waals surface area contributed by atoms with Gasteiger partial charge in [0, 0.05) is 6.42 Å². The van der Waals surface area contributed by atoms with Crippen molar-refractivity contribution in [1.82, 2.24) is 0 Å². The summed E-state index contributed by atoms with van der Waals surface area (Å²) in [5, 5.41) is 8.22. The first-order valence-corrected chi connectivity index (χ1v) is 2.80. The van der Waals surface area contributed by atoms with E-state index < -0.39 is 17.9 Å². The molecular formula is C5H10N2O3. The fourth-order valence-electron chi connectivity index (χ4n) is 0.421. The highest BCUT2D eigenvalue weighted by molar-refractivity contribution is 5.76. The van der Waals surface area contributed by atoms with Gasteiger partial charge in [-0.1, -0.05) is 0 Å². The van der Waals surface area contributed by atoms with Crippen molar-refractivity contribution in [2.24, 2.45) is 11.5 Å². The second-order valence-corrected chi connectivity index (χ2v) is 1.95. The van der Waals surface area contributed by atoms with E-state index in [-0.39, 0.29) is 12.8 Å². The standard InChI is InChI=1S/C5H10N2O3/c6-3(5(9)10)1-2-4(7)8/h3H,1-2,6H2,(H2,7,8)(H,9,10)/t3-/m0/s1/i6+1. The summed E-state index contributed by atoms with van der Waals surface area (Å²) in [7, 11) is 0. The Morgan fingerprint density at radius 2 is 2.00 bits per heavy atom. The number of nitrogens with two attached hydrogens (primary N) is 2. The molecule has 0 unspecified atom stereocenters. The Hall–Kier alpha value is -1.10. The summed E-state index contributed by atoms with van der Waals surface area (Å²) < 4.78 is 0. The highest BCUT2D eigenvalue weighted by Gasteiger charge is 2.11. The molecule has 0 rings (SSSR count). The van der Waals surface area contributed by atoms with Gasteiger partial charge >= 0.3 is 5.97 Å². The lowest BCUT2D eigenvalue weighted by Crippen LogP contribution is -2.31. The van der Waals surface area contributed by atoms with E-state index in [1.54, 1.807) is 0 Å². The predicted octanol–water partition coefficient (Wildman–Crippen LogP) is -1.34. The average molecular weight is 147 g/mol. The molecule has 1 amide bonds. The van der Waals surface area contributed by atoms with Crippen LogP contribution in [0.5, 0.6) is 0 Å². The molecule has 0 heterocycles. The highest BCUT2D eigenvalue weighted by Crippen LogP contribution is 1.92. The fourth-order valence-corrected chi connectivity index (χ4v) is 0.421. The molecule has 5 N–H and O–H groups in total. The van der Waals surface area contributed by atoms with Crippen LogP contribution >= 0.6 is 0 Å². The van der Waals surface area contributed by atoms with Crippen LogP contribution in [0.2, 0.25) is 0 Å². The van der Waals surface area contributed by atoms with Gasteiger partial charge in [-0.25, -0.2) is 0 Å². The van der Waals surface area contributed by atoms with Crippen LogP contribution < -0.4 is 11.5 Å². The summed E-state index contributed by atoms with van der Waals surface area (Å²) in [5.41, 5.74) is 9.81. The van der Waals surface area contributed by atoms with Crippen molar-refractivity contribution >= 4 is 11.9 Å². The first-order chi connectivity index (χ1) is 4.54. The molecule has 0 aromatic carbocycles. The maximum Gasteiger partial charge on any atom is 0.320 e. The lowest BCUT2D eigenvalue weighted by Gasteiger charge is -2.01. The lowest BCUT2D eigenvalue weighted by molar-refractivity contribution is -0.138. The normalized spacial score (nSPS) is 12.5. The van der Waals surface area contributed by atoms with Crippen LogP contribution in [0.25, 0.3) is 0 Å². The Labute approximate surface area is 58.0 Å². The third-order valence-electron chi connectivity index (χ3n) is 1.02. The number of hydrogen-bond donors (Lipinski definition) is 3. The van der Waals surface area contributed by atoms with E-state index in [0.717, 1.165) is 0 Å². The van der Waals surface area contributed by atoms with Gasteiger partial charge in [-0.3, -0.25) is 9.59 Å². The van der Waals surface area contributed by atoms with Crippen molar-refractivity contribution in [3.05, 3.63) is 0 Å². The maximum atomic E-state index is 10.1. The van der Waals surface area contributed by atoms with Gasteiger partial charge in [0.15, 0.2) is 0 Å². The van der Waals surface area contributed by atoms with E-state index in [1.165, 1.54) is 0 Å². The molecule has 5 nitrogen and oxygen atoms in total. The molecule has 0 aromatic heterocycles. The van der Waals surface area contributed by atoms with E-state index in [1.807, 2.05) is 0 Å². The lowest BCUT2D eigenvalue weighted by atomic mass is 10.2. The zero-order valence-electron chi connectivity index (χ0n) is 5.41. The quantitative estimate of drug-likeness (QED) is 0.428. The van der Waals surface area contributed by atoms with Gasteiger partial charge in [-0.15, -0.1) is 0 Å². The number of amides is 1. The summed E-state index contributed by atoms with van der Waals surface area (Å²) in [6, 6.07) is -0.979. The Balaban J connectivity index is 3.49. The number of carbonyl (C=O) groups excluding carboxylic acids is 1. The number of rotatable bonds is 4. The van der Waals surface area contributed by atoms with E-state index in [4.69, 9.17) is 16.6 Å². The zero-order valence-corrected chi connectivity index (χ0v) is 5.41. The summed E-state index contributed by atoms with van der Waals surface area (Å²) in [4.78, 5) is 20.1. The van der Waals surface area contributed by atoms with Crippen LogP contribution in [-0.2, 0) is 9.59 Å². The molecule has 0 saturated carbocycles. The summed E-state index contributed by atoms with van der Waals surface area (Å²) >= 11 is 0. The maximum absolute atomic E-state index is 10.1. The molecule has 0 fully saturated rings. The van der Waals surface area contributed by atoms with Crippen molar-refractivity contribution in [2.75, 3.05) is 0 Å². The summed E-state index contributed by atoms with van der Waals surface area (Å²) in [5.74, 6) is -1.64. The molecule has 0 aliphatic heterocycles. The molecule has 0 radical (unpaired) electrons. The third kappa shape index (κ3) is 3.85. The number of primary amides is 1. The molecule has 58 valence electrons. The van der Waals surface area contributed by atoms with Crippen LogP contribution in [0.1, 0.15) is 12.8 Å². The first-order valence-electron chi connectivity index (χ1n) is 2.80. The van der Waals surface area contributed by atoms with Gasteiger partial charge < -0.3 is 16.6 Å². The number of aliphatic carboxylic acids is 1. The van der Waals surface area contributed by atoms with Crippen LogP contribution in [0.15, 0.2) is 0 Å². The van der Waals surface area contributed by atoms with E-state index in [0.29, 0.717) is 0 Å². The fraction of sp³-hybridized carbons (Fsp3) is 0.600. The topological polar surface area (TPSA) is 106 Å². The third-order valence-corrected chi connectivity index (χ3v) is 1.02. The van der Waals surface area contributed by atoms with Crippen molar-refractivity contribution in [3.63, 3.8) is 0 Å². The minimum absolute atomic E-state index is 0.0213. The number of carboxylic acid groups (broad SMARTS) is 1. The Morgan fingerprint density at radius 3 is 2.30 bits per heavy atom. The van der Waals surface area contributed by atoms with E-state index >= 15 is 0 Å². The van der Waals surface area contributed by atoms with Crippen molar-refractivity contribution in [1.29, 1.82) is 0 Å². The number of hydrogen-bond acceptors (Lipinski definition) is 3. The van der Waals surface area contributed by atoms with Crippen molar-refractivity contribution < 1.29 is 14.7 Å². The first kappa shape index (κ1) is 8.90. The number of carboxylic acids is 1. The smallest absolute Gasteiger partial charge is 0.320 e. The van der Waals surface area contributed by atoms with E-state index in [2.05, 4.69) is 0 Å². The largest absolute Gasteiger partial charge is 0.480 e. The Bertz CT molecular complexity index is 146. The van der Waals surface area contributed by atoms with E-state index in [9.17, 15) is 9.59 Å². The summed E-state index contributed by atoms with van der Waals surface area (Å²) in [6.45, 7) is 0. The number of carbonyl (C=O) groups is 2. The highest BCUT2D eigenvalue weighted by atomic mass is 16.4. The van der Waals surface area contributed by atoms with Crippen molar-refractivity contribution in [3.8, 4) is 0 Å². The SMILES string of the molecule is NC(=O)CC[C@H]([15NH2])C(=O)O. The van der Waals surface area contributed by atoms with Crippen LogP contribution in [0.3, 0.4) is 0 Å². The molecule has 0 spiro atoms. The average Bonchev–Trinajstić information content (AvgIpc) is 1.82. The Morgan fingerprint density at radius 1 is 1.50 bits per heavy atom. The molecule has 10 heavy (non-hydrogen) atoms. The van der Waals surface area contributed by atoms with Crippen LogP contribution in [-0.4, -0.2) is 23.0 Å². The van der Waals surface area contributed by atoms with Crippen LogP contribution in [0.4, 0.5) is 0 Å². The zero-order chi connectivity index (χ0) is 8.15. The molecule has 0 aliphatic carbocycles. The molecule has 5 heteroatoms. The van der Waals surface area contributed by atoms with Gasteiger partial charge in [0.1, 0.15) is 6.04 Å². The minimum Gasteiger partial charge on any atom is -0.480 e. The second-order valence-electron chi connectivity index (χ2n) is 1.95. The van der Waals surface area contributed by atoms with Crippen molar-refractivity contribution in [2.45, 2.75) is 18.9 Å². The van der Waals surface area contributed by atoms with Gasteiger partial charge in [0.05, 0.1) is 0 Å². The van der Waals surface area contributed by atoms with Gasteiger partial charge in [-0.05, 0) is 6.42 Å². The van der Waals surface area contributed by atoms with Crippen LogP contribution in [0, 0.1) is 0 Å². The summed E-state index contributed by atoms with van der Waals surface area (Å²) in [6.07, 6.45) is 0.123. The van der Waals surface area contributed by atoms with Gasteiger partial charge in [0.2, 0.25) is 5.91 Å². The molecule has 0 aromatic rings. The molecule has 0 saturated heterocycles. The molecule has 0 bridgehead atoms. The molecular weight excluding hydrogens is 137 g/mol. The van der Waals surface area contributed by atoms with Gasteiger partial charge in [0.25, 0.3) is 0 Å². The molecule has 0 aliphatic rings. The minimum atomic E-state index is -1.11. The second kappa shape index (κ2) is 3.84. The predicted molar refractivity (Wildman–Crippen MR) is 34.0 cm³/mol. The molecule has 1 atom stereocenters. The van der Waals surface area contributed by atoms with Gasteiger partial charge in [-0.2, -0.15) is 0 Å². The Kier molecular flexibility index (Phi) is 3.42.